The molecule has 11 heteroatoms. The van der Waals surface area contributed by atoms with Gasteiger partial charge in [0.2, 0.25) is 5.95 Å². The van der Waals surface area contributed by atoms with Crippen LogP contribution in [0.1, 0.15) is 21.9 Å². The summed E-state index contributed by atoms with van der Waals surface area (Å²) in [6.45, 7) is 3.50. The summed E-state index contributed by atoms with van der Waals surface area (Å²) in [4.78, 5) is 20.4. The SMILES string of the molecule is Cc1cc(C)nc(NS(=O)(=O)c2ccc(NC(=O)c3c(Cl)cnn3C)cc2)n1. The Labute approximate surface area is 166 Å². The highest BCUT2D eigenvalue weighted by Crippen LogP contribution is 2.19. The molecule has 0 atom stereocenters. The molecule has 0 saturated heterocycles. The number of anilines is 2. The third kappa shape index (κ3) is 4.29. The summed E-state index contributed by atoms with van der Waals surface area (Å²) in [5.74, 6) is -0.455. The lowest BCUT2D eigenvalue weighted by Crippen LogP contribution is -2.17. The summed E-state index contributed by atoms with van der Waals surface area (Å²) in [6.07, 6.45) is 1.37. The van der Waals surface area contributed by atoms with Crippen LogP contribution in [0.2, 0.25) is 5.02 Å². The summed E-state index contributed by atoms with van der Waals surface area (Å²) in [6, 6.07) is 7.42. The van der Waals surface area contributed by atoms with E-state index in [1.165, 1.54) is 35.1 Å². The van der Waals surface area contributed by atoms with Crippen molar-refractivity contribution in [2.24, 2.45) is 7.05 Å². The number of aryl methyl sites for hydroxylation is 3. The minimum absolute atomic E-state index is 0.000675. The van der Waals surface area contributed by atoms with Gasteiger partial charge in [-0.1, -0.05) is 11.6 Å². The molecule has 3 aromatic rings. The van der Waals surface area contributed by atoms with Gasteiger partial charge in [-0.2, -0.15) is 5.10 Å². The zero-order valence-corrected chi connectivity index (χ0v) is 16.8. The fourth-order valence-corrected chi connectivity index (χ4v) is 3.72. The highest BCUT2D eigenvalue weighted by atomic mass is 35.5. The zero-order valence-electron chi connectivity index (χ0n) is 15.3. The second kappa shape index (κ2) is 7.56. The van der Waals surface area contributed by atoms with Crippen LogP contribution in [0.25, 0.3) is 0 Å². The summed E-state index contributed by atoms with van der Waals surface area (Å²) < 4.78 is 28.8. The maximum Gasteiger partial charge on any atom is 0.275 e. The number of nitrogens with one attached hydrogen (secondary N) is 2. The first-order chi connectivity index (χ1) is 13.2. The van der Waals surface area contributed by atoms with Crippen molar-refractivity contribution in [3.8, 4) is 0 Å². The zero-order chi connectivity index (χ0) is 20.5. The Morgan fingerprint density at radius 3 is 2.25 bits per heavy atom. The van der Waals surface area contributed by atoms with Gasteiger partial charge in [0.25, 0.3) is 15.9 Å². The predicted molar refractivity (Wildman–Crippen MR) is 105 cm³/mol. The molecule has 3 rings (SSSR count). The van der Waals surface area contributed by atoms with E-state index < -0.39 is 15.9 Å². The van der Waals surface area contributed by atoms with Crippen LogP contribution in [0.3, 0.4) is 0 Å². The Balaban J connectivity index is 1.77. The Morgan fingerprint density at radius 1 is 1.11 bits per heavy atom. The summed E-state index contributed by atoms with van der Waals surface area (Å²) >= 11 is 5.95. The minimum Gasteiger partial charge on any atom is -0.321 e. The number of hydrogen-bond donors (Lipinski definition) is 2. The number of carbonyl (C=O) groups is 1. The predicted octanol–water partition coefficient (Wildman–Crippen LogP) is 2.53. The van der Waals surface area contributed by atoms with Gasteiger partial charge < -0.3 is 5.32 Å². The van der Waals surface area contributed by atoms with Crippen molar-refractivity contribution in [3.63, 3.8) is 0 Å². The molecule has 2 heterocycles. The highest BCUT2D eigenvalue weighted by Gasteiger charge is 2.18. The Bertz CT molecular complexity index is 1100. The summed E-state index contributed by atoms with van der Waals surface area (Å²) in [5.41, 5.74) is 1.91. The van der Waals surface area contributed by atoms with Gasteiger partial charge in [0.15, 0.2) is 0 Å². The van der Waals surface area contributed by atoms with E-state index in [4.69, 9.17) is 11.6 Å². The van der Waals surface area contributed by atoms with Crippen molar-refractivity contribution in [2.45, 2.75) is 18.7 Å². The van der Waals surface area contributed by atoms with E-state index in [9.17, 15) is 13.2 Å². The molecule has 0 aliphatic rings. The van der Waals surface area contributed by atoms with E-state index in [0.29, 0.717) is 17.1 Å². The monoisotopic (exact) mass is 420 g/mol. The van der Waals surface area contributed by atoms with E-state index in [1.54, 1.807) is 27.0 Å². The van der Waals surface area contributed by atoms with Gasteiger partial charge >= 0.3 is 0 Å². The van der Waals surface area contributed by atoms with E-state index in [0.717, 1.165) is 0 Å². The molecule has 0 unspecified atom stereocenters. The van der Waals surface area contributed by atoms with E-state index in [2.05, 4.69) is 25.1 Å². The van der Waals surface area contributed by atoms with Crippen LogP contribution < -0.4 is 10.0 Å². The molecule has 28 heavy (non-hydrogen) atoms. The fraction of sp³-hybridized carbons (Fsp3) is 0.176. The van der Waals surface area contributed by atoms with Crippen molar-refractivity contribution < 1.29 is 13.2 Å². The second-order valence-corrected chi connectivity index (χ2v) is 8.11. The first kappa shape index (κ1) is 19.8. The van der Waals surface area contributed by atoms with Crippen LogP contribution in [0.5, 0.6) is 0 Å². The molecule has 146 valence electrons. The van der Waals surface area contributed by atoms with Crippen LogP contribution in [0, 0.1) is 13.8 Å². The molecule has 0 saturated carbocycles. The average Bonchev–Trinajstić information content (AvgIpc) is 2.92. The third-order valence-electron chi connectivity index (χ3n) is 3.74. The number of sulfonamides is 1. The number of benzene rings is 1. The quantitative estimate of drug-likeness (QED) is 0.654. The molecular formula is C17H17ClN6O3S. The van der Waals surface area contributed by atoms with Gasteiger partial charge in [-0.15, -0.1) is 0 Å². The van der Waals surface area contributed by atoms with Crippen LogP contribution >= 0.6 is 11.6 Å². The number of hydrogen-bond acceptors (Lipinski definition) is 6. The number of aromatic nitrogens is 4. The van der Waals surface area contributed by atoms with E-state index >= 15 is 0 Å². The van der Waals surface area contributed by atoms with Gasteiger partial charge in [-0.25, -0.2) is 23.1 Å². The maximum absolute atomic E-state index is 12.5. The molecule has 0 aliphatic carbocycles. The van der Waals surface area contributed by atoms with Crippen molar-refractivity contribution in [3.05, 3.63) is 58.6 Å². The molecule has 0 spiro atoms. The lowest BCUT2D eigenvalue weighted by atomic mass is 10.3. The molecule has 2 N–H and O–H groups in total. The van der Waals surface area contributed by atoms with Gasteiger partial charge in [0.05, 0.1) is 16.1 Å². The average molecular weight is 421 g/mol. The van der Waals surface area contributed by atoms with Gasteiger partial charge in [0.1, 0.15) is 5.69 Å². The van der Waals surface area contributed by atoms with Crippen LogP contribution in [0.15, 0.2) is 41.4 Å². The standard InChI is InChI=1S/C17H17ClN6O3S/c1-10-8-11(2)21-17(20-10)23-28(26,27)13-6-4-12(5-7-13)22-16(25)15-14(18)9-19-24(15)3/h4-9H,1-3H3,(H,22,25)(H,20,21,23). The number of rotatable bonds is 5. The van der Waals surface area contributed by atoms with E-state index in [1.807, 2.05) is 0 Å². The van der Waals surface area contributed by atoms with Gasteiger partial charge in [-0.05, 0) is 44.2 Å². The van der Waals surface area contributed by atoms with Crippen LogP contribution in [-0.2, 0) is 17.1 Å². The van der Waals surface area contributed by atoms with Crippen molar-refractivity contribution in [1.82, 2.24) is 19.7 Å². The van der Waals surface area contributed by atoms with Crippen molar-refractivity contribution in [2.75, 3.05) is 10.0 Å². The second-order valence-electron chi connectivity index (χ2n) is 6.02. The number of amides is 1. The number of carbonyl (C=O) groups excluding carboxylic acids is 1. The Hall–Kier alpha value is -2.98. The number of nitrogens with zero attached hydrogens (tertiary/aromatic N) is 4. The molecule has 0 aliphatic heterocycles. The smallest absolute Gasteiger partial charge is 0.275 e. The third-order valence-corrected chi connectivity index (χ3v) is 5.36. The topological polar surface area (TPSA) is 119 Å². The minimum atomic E-state index is -3.87. The molecule has 1 aromatic carbocycles. The van der Waals surface area contributed by atoms with Crippen LogP contribution in [-0.4, -0.2) is 34.1 Å². The highest BCUT2D eigenvalue weighted by molar-refractivity contribution is 7.92. The fourth-order valence-electron chi connectivity index (χ4n) is 2.52. The van der Waals surface area contributed by atoms with Crippen molar-refractivity contribution >= 4 is 39.2 Å². The summed E-state index contributed by atoms with van der Waals surface area (Å²) in [7, 11) is -2.28. The lowest BCUT2D eigenvalue weighted by molar-refractivity contribution is 0.101. The summed E-state index contributed by atoms with van der Waals surface area (Å²) in [5, 5.41) is 6.77. The first-order valence-electron chi connectivity index (χ1n) is 8.10. The normalized spacial score (nSPS) is 11.3. The first-order valence-corrected chi connectivity index (χ1v) is 9.96. The molecule has 9 nitrogen and oxygen atoms in total. The molecule has 0 fully saturated rings. The largest absolute Gasteiger partial charge is 0.321 e. The molecule has 1 amide bonds. The Kier molecular flexibility index (Phi) is 5.34. The Morgan fingerprint density at radius 2 is 1.71 bits per heavy atom. The van der Waals surface area contributed by atoms with Gasteiger partial charge in [-0.3, -0.25) is 9.48 Å². The maximum atomic E-state index is 12.5. The van der Waals surface area contributed by atoms with E-state index in [-0.39, 0.29) is 21.6 Å². The van der Waals surface area contributed by atoms with Crippen LogP contribution in [0.4, 0.5) is 11.6 Å². The van der Waals surface area contributed by atoms with Gasteiger partial charge in [0, 0.05) is 24.1 Å². The van der Waals surface area contributed by atoms with Crippen molar-refractivity contribution in [1.29, 1.82) is 0 Å². The molecular weight excluding hydrogens is 404 g/mol. The molecule has 0 bridgehead atoms. The molecule has 2 aromatic heterocycles. The molecule has 0 radical (unpaired) electrons. The number of halogens is 1. The lowest BCUT2D eigenvalue weighted by Gasteiger charge is -2.09.